The van der Waals surface area contributed by atoms with Gasteiger partial charge in [-0.2, -0.15) is 0 Å². The zero-order chi connectivity index (χ0) is 9.61. The number of aliphatic hydroxyl groups is 1. The molecule has 0 aliphatic rings. The van der Waals surface area contributed by atoms with Crippen LogP contribution in [0.3, 0.4) is 0 Å². The van der Waals surface area contributed by atoms with Gasteiger partial charge in [-0.15, -0.1) is 0 Å². The molecule has 0 heterocycles. The number of nitrogens with one attached hydrogen (secondary N) is 1. The van der Waals surface area contributed by atoms with Crippen LogP contribution in [-0.4, -0.2) is 32.4 Å². The van der Waals surface area contributed by atoms with E-state index in [0.29, 0.717) is 12.3 Å². The van der Waals surface area contributed by atoms with Crippen molar-refractivity contribution in [1.82, 2.24) is 4.72 Å². The van der Waals surface area contributed by atoms with Gasteiger partial charge in [0.1, 0.15) is 0 Å². The minimum atomic E-state index is -3.15. The smallest absolute Gasteiger partial charge is 0.211 e. The molecule has 2 N–H and O–H groups in total. The first-order valence-electron chi connectivity index (χ1n) is 4.06. The molecule has 0 aliphatic carbocycles. The van der Waals surface area contributed by atoms with Crippen molar-refractivity contribution in [2.45, 2.75) is 20.3 Å². The number of hydrogen-bond donors (Lipinski definition) is 2. The van der Waals surface area contributed by atoms with Crippen molar-refractivity contribution in [3.8, 4) is 0 Å². The first-order chi connectivity index (χ1) is 5.48. The molecule has 0 atom stereocenters. The van der Waals surface area contributed by atoms with Crippen LogP contribution in [0.4, 0.5) is 0 Å². The van der Waals surface area contributed by atoms with Crippen LogP contribution < -0.4 is 4.72 Å². The van der Waals surface area contributed by atoms with Crippen LogP contribution in [-0.2, 0) is 10.0 Å². The fraction of sp³-hybridized carbons (Fsp3) is 1.00. The summed E-state index contributed by atoms with van der Waals surface area (Å²) in [7, 11) is -3.15. The zero-order valence-corrected chi connectivity index (χ0v) is 8.39. The molecular weight excluding hydrogens is 178 g/mol. The summed E-state index contributed by atoms with van der Waals surface area (Å²) in [6.45, 7) is 3.91. The Bertz CT molecular complexity index is 199. The Hall–Kier alpha value is -0.130. The quantitative estimate of drug-likeness (QED) is 0.624. The summed E-state index contributed by atoms with van der Waals surface area (Å²) in [5.41, 5.74) is 0. The van der Waals surface area contributed by atoms with E-state index in [2.05, 4.69) is 4.72 Å². The standard InChI is InChI=1S/C7H17NO3S/c1-7(2)3-6-12(10,11)8-4-5-9/h7-9H,3-6H2,1-2H3. The Morgan fingerprint density at radius 3 is 2.42 bits per heavy atom. The third-order valence-corrected chi connectivity index (χ3v) is 2.81. The van der Waals surface area contributed by atoms with Gasteiger partial charge in [-0.1, -0.05) is 13.8 Å². The van der Waals surface area contributed by atoms with Crippen molar-refractivity contribution >= 4 is 10.0 Å². The third kappa shape index (κ3) is 6.57. The normalized spacial score (nSPS) is 12.3. The van der Waals surface area contributed by atoms with Gasteiger partial charge in [0.15, 0.2) is 0 Å². The molecule has 4 nitrogen and oxygen atoms in total. The molecule has 0 rings (SSSR count). The SMILES string of the molecule is CC(C)CCS(=O)(=O)NCCO. The lowest BCUT2D eigenvalue weighted by Gasteiger charge is -2.06. The second-order valence-corrected chi connectivity index (χ2v) is 5.05. The Kier molecular flexibility index (Phi) is 5.44. The lowest BCUT2D eigenvalue weighted by Crippen LogP contribution is -2.29. The molecule has 0 fully saturated rings. The predicted molar refractivity (Wildman–Crippen MR) is 48.3 cm³/mol. The summed E-state index contributed by atoms with van der Waals surface area (Å²) < 4.78 is 24.4. The number of aliphatic hydroxyl groups excluding tert-OH is 1. The molecule has 0 aromatic carbocycles. The highest BCUT2D eigenvalue weighted by atomic mass is 32.2. The van der Waals surface area contributed by atoms with Crippen molar-refractivity contribution in [2.75, 3.05) is 18.9 Å². The van der Waals surface area contributed by atoms with E-state index in [1.54, 1.807) is 0 Å². The van der Waals surface area contributed by atoms with E-state index in [0.717, 1.165) is 0 Å². The zero-order valence-electron chi connectivity index (χ0n) is 7.58. The van der Waals surface area contributed by atoms with Gasteiger partial charge in [0.25, 0.3) is 0 Å². The highest BCUT2D eigenvalue weighted by Gasteiger charge is 2.09. The highest BCUT2D eigenvalue weighted by molar-refractivity contribution is 7.89. The first-order valence-corrected chi connectivity index (χ1v) is 5.71. The molecule has 74 valence electrons. The second kappa shape index (κ2) is 5.50. The van der Waals surface area contributed by atoms with E-state index in [4.69, 9.17) is 5.11 Å². The van der Waals surface area contributed by atoms with E-state index in [1.807, 2.05) is 13.8 Å². The Labute approximate surface area is 74.0 Å². The first kappa shape index (κ1) is 11.9. The molecule has 0 radical (unpaired) electrons. The summed E-state index contributed by atoms with van der Waals surface area (Å²) in [5.74, 6) is 0.528. The Balaban J connectivity index is 3.73. The molecular formula is C7H17NO3S. The van der Waals surface area contributed by atoms with Gasteiger partial charge in [0.2, 0.25) is 10.0 Å². The molecule has 0 spiro atoms. The van der Waals surface area contributed by atoms with Crippen LogP contribution in [0.1, 0.15) is 20.3 Å². The molecule has 0 aromatic rings. The lowest BCUT2D eigenvalue weighted by molar-refractivity contribution is 0.301. The third-order valence-electron chi connectivity index (χ3n) is 1.40. The summed E-state index contributed by atoms with van der Waals surface area (Å²) in [6, 6.07) is 0. The molecule has 12 heavy (non-hydrogen) atoms. The summed E-state index contributed by atoms with van der Waals surface area (Å²) in [5, 5.41) is 8.38. The monoisotopic (exact) mass is 195 g/mol. The van der Waals surface area contributed by atoms with Gasteiger partial charge in [0, 0.05) is 6.54 Å². The number of rotatable bonds is 6. The average Bonchev–Trinajstić information content (AvgIpc) is 1.98. The molecule has 5 heteroatoms. The van der Waals surface area contributed by atoms with Crippen molar-refractivity contribution < 1.29 is 13.5 Å². The van der Waals surface area contributed by atoms with E-state index >= 15 is 0 Å². The lowest BCUT2D eigenvalue weighted by atomic mass is 10.2. The van der Waals surface area contributed by atoms with Gasteiger partial charge in [-0.05, 0) is 12.3 Å². The molecule has 0 bridgehead atoms. The van der Waals surface area contributed by atoms with Crippen LogP contribution in [0.25, 0.3) is 0 Å². The van der Waals surface area contributed by atoms with E-state index in [-0.39, 0.29) is 18.9 Å². The fourth-order valence-corrected chi connectivity index (χ4v) is 1.99. The van der Waals surface area contributed by atoms with E-state index in [1.165, 1.54) is 0 Å². The van der Waals surface area contributed by atoms with Gasteiger partial charge < -0.3 is 5.11 Å². The van der Waals surface area contributed by atoms with Crippen LogP contribution in [0, 0.1) is 5.92 Å². The van der Waals surface area contributed by atoms with E-state index in [9.17, 15) is 8.42 Å². The minimum absolute atomic E-state index is 0.112. The molecule has 0 unspecified atom stereocenters. The van der Waals surface area contributed by atoms with Crippen molar-refractivity contribution in [3.05, 3.63) is 0 Å². The topological polar surface area (TPSA) is 66.4 Å². The summed E-state index contributed by atoms with van der Waals surface area (Å²) >= 11 is 0. The van der Waals surface area contributed by atoms with Crippen LogP contribution in [0.15, 0.2) is 0 Å². The molecule has 0 saturated carbocycles. The van der Waals surface area contributed by atoms with Gasteiger partial charge in [0.05, 0.1) is 12.4 Å². The summed E-state index contributed by atoms with van der Waals surface area (Å²) in [4.78, 5) is 0. The Morgan fingerprint density at radius 2 is 2.00 bits per heavy atom. The second-order valence-electron chi connectivity index (χ2n) is 3.12. The minimum Gasteiger partial charge on any atom is -0.395 e. The summed E-state index contributed by atoms with van der Waals surface area (Å²) in [6.07, 6.45) is 0.654. The van der Waals surface area contributed by atoms with Gasteiger partial charge in [-0.25, -0.2) is 13.1 Å². The predicted octanol–water partition coefficient (Wildman–Crippen LogP) is -0.0558. The fourth-order valence-electron chi connectivity index (χ4n) is 0.664. The maximum absolute atomic E-state index is 11.1. The van der Waals surface area contributed by atoms with Gasteiger partial charge >= 0.3 is 0 Å². The highest BCUT2D eigenvalue weighted by Crippen LogP contribution is 2.01. The van der Waals surface area contributed by atoms with E-state index < -0.39 is 10.0 Å². The number of hydrogen-bond acceptors (Lipinski definition) is 3. The van der Waals surface area contributed by atoms with Crippen molar-refractivity contribution in [3.63, 3.8) is 0 Å². The largest absolute Gasteiger partial charge is 0.395 e. The van der Waals surface area contributed by atoms with Gasteiger partial charge in [-0.3, -0.25) is 0 Å². The van der Waals surface area contributed by atoms with Crippen molar-refractivity contribution in [1.29, 1.82) is 0 Å². The number of sulfonamides is 1. The van der Waals surface area contributed by atoms with Crippen LogP contribution >= 0.6 is 0 Å². The Morgan fingerprint density at radius 1 is 1.42 bits per heavy atom. The maximum Gasteiger partial charge on any atom is 0.211 e. The molecule has 0 aliphatic heterocycles. The molecule has 0 saturated heterocycles. The molecule has 0 amide bonds. The average molecular weight is 195 g/mol. The van der Waals surface area contributed by atoms with Crippen molar-refractivity contribution in [2.24, 2.45) is 5.92 Å². The molecule has 0 aromatic heterocycles. The van der Waals surface area contributed by atoms with Crippen LogP contribution in [0.5, 0.6) is 0 Å². The maximum atomic E-state index is 11.1. The van der Waals surface area contributed by atoms with Crippen LogP contribution in [0.2, 0.25) is 0 Å².